The molecule has 0 bridgehead atoms. The number of methoxy groups -OCH3 is 1. The minimum Gasteiger partial charge on any atom is -0.504 e. The number of anilines is 1. The van der Waals surface area contributed by atoms with Gasteiger partial charge >= 0.3 is 0 Å². The Morgan fingerprint density at radius 1 is 0.973 bits per heavy atom. The Kier molecular flexibility index (Phi) is 5.26. The van der Waals surface area contributed by atoms with E-state index in [1.807, 2.05) is 12.1 Å². The first-order valence-electron chi connectivity index (χ1n) is 12.3. The highest BCUT2D eigenvalue weighted by Crippen LogP contribution is 2.55. The van der Waals surface area contributed by atoms with Crippen LogP contribution in [0.25, 0.3) is 0 Å². The molecule has 0 spiro atoms. The zero-order valence-electron chi connectivity index (χ0n) is 20.4. The van der Waals surface area contributed by atoms with Crippen LogP contribution in [0.4, 0.5) is 5.69 Å². The fourth-order valence-corrected chi connectivity index (χ4v) is 6.47. The van der Waals surface area contributed by atoms with Crippen LogP contribution < -0.4 is 9.64 Å². The van der Waals surface area contributed by atoms with Crippen LogP contribution in [-0.4, -0.2) is 35.6 Å². The number of aromatic hydroxyl groups is 1. The molecule has 4 atom stereocenters. The van der Waals surface area contributed by atoms with Crippen molar-refractivity contribution in [3.8, 4) is 11.5 Å². The van der Waals surface area contributed by atoms with E-state index in [0.29, 0.717) is 34.4 Å². The van der Waals surface area contributed by atoms with Crippen molar-refractivity contribution in [2.24, 2.45) is 17.8 Å². The predicted molar refractivity (Wildman–Crippen MR) is 135 cm³/mol. The van der Waals surface area contributed by atoms with Gasteiger partial charge in [-0.05, 0) is 61.6 Å². The van der Waals surface area contributed by atoms with Crippen LogP contribution in [0.2, 0.25) is 0 Å². The van der Waals surface area contributed by atoms with Gasteiger partial charge in [0.1, 0.15) is 0 Å². The highest BCUT2D eigenvalue weighted by molar-refractivity contribution is 6.25. The maximum atomic E-state index is 13.8. The summed E-state index contributed by atoms with van der Waals surface area (Å²) in [7, 11) is 1.44. The number of para-hydroxylation sites is 1. The molecule has 2 aromatic rings. The molecule has 186 valence electrons. The number of phenols is 1. The average molecular weight is 496 g/mol. The second-order valence-electron chi connectivity index (χ2n) is 10.0. The molecule has 0 aromatic heterocycles. The van der Waals surface area contributed by atoms with Gasteiger partial charge in [0, 0.05) is 22.6 Å². The molecular weight excluding hydrogens is 470 g/mol. The highest BCUT2D eigenvalue weighted by Gasteiger charge is 2.56. The van der Waals surface area contributed by atoms with E-state index in [4.69, 9.17) is 4.74 Å². The molecule has 1 aliphatic heterocycles. The topological polar surface area (TPSA) is 101 Å². The number of carbonyl (C=O) groups is 4. The number of imide groups is 1. The van der Waals surface area contributed by atoms with E-state index in [2.05, 4.69) is 0 Å². The number of phenolic OH excluding ortho intramolecular Hbond substituents is 1. The lowest BCUT2D eigenvalue weighted by atomic mass is 9.59. The lowest BCUT2D eigenvalue weighted by molar-refractivity contribution is -0.123. The summed E-state index contributed by atoms with van der Waals surface area (Å²) >= 11 is 0. The monoisotopic (exact) mass is 495 g/mol. The molecule has 0 radical (unpaired) electrons. The Hall–Kier alpha value is -4.26. The summed E-state index contributed by atoms with van der Waals surface area (Å²) in [5, 5.41) is 10.2. The number of ketones is 2. The molecule has 4 aliphatic rings. The molecule has 2 amide bonds. The first-order chi connectivity index (χ1) is 17.8. The van der Waals surface area contributed by atoms with E-state index in [-0.39, 0.29) is 41.3 Å². The molecule has 7 nitrogen and oxygen atoms in total. The Labute approximate surface area is 213 Å². The lowest BCUT2D eigenvalue weighted by Gasteiger charge is -2.42. The zero-order valence-corrected chi connectivity index (χ0v) is 20.4. The summed E-state index contributed by atoms with van der Waals surface area (Å²) in [5.41, 5.74) is 3.25. The van der Waals surface area contributed by atoms with Crippen LogP contribution in [-0.2, 0) is 19.2 Å². The maximum Gasteiger partial charge on any atom is 0.238 e. The fourth-order valence-electron chi connectivity index (χ4n) is 6.47. The van der Waals surface area contributed by atoms with Crippen LogP contribution in [0, 0.1) is 17.8 Å². The van der Waals surface area contributed by atoms with Gasteiger partial charge in [-0.15, -0.1) is 0 Å². The van der Waals surface area contributed by atoms with Gasteiger partial charge in [-0.1, -0.05) is 35.9 Å². The summed E-state index contributed by atoms with van der Waals surface area (Å²) in [4.78, 5) is 55.2. The number of amides is 2. The van der Waals surface area contributed by atoms with E-state index in [1.165, 1.54) is 24.2 Å². The molecule has 2 aromatic carbocycles. The third kappa shape index (κ3) is 3.34. The first-order valence-corrected chi connectivity index (χ1v) is 12.3. The Morgan fingerprint density at radius 3 is 2.46 bits per heavy atom. The van der Waals surface area contributed by atoms with E-state index >= 15 is 0 Å². The quantitative estimate of drug-likeness (QED) is 0.392. The van der Waals surface area contributed by atoms with Crippen molar-refractivity contribution in [1.29, 1.82) is 0 Å². The fraction of sp³-hybridized carbons (Fsp3) is 0.267. The van der Waals surface area contributed by atoms with Crippen molar-refractivity contribution >= 4 is 29.1 Å². The van der Waals surface area contributed by atoms with Crippen LogP contribution >= 0.6 is 0 Å². The molecule has 7 heteroatoms. The van der Waals surface area contributed by atoms with Gasteiger partial charge in [0.25, 0.3) is 0 Å². The summed E-state index contributed by atoms with van der Waals surface area (Å²) < 4.78 is 5.32. The normalized spacial score (nSPS) is 26.9. The summed E-state index contributed by atoms with van der Waals surface area (Å²) in [6, 6.07) is 13.8. The lowest BCUT2D eigenvalue weighted by Crippen LogP contribution is -2.39. The summed E-state index contributed by atoms with van der Waals surface area (Å²) in [6.07, 6.45) is 3.95. The molecule has 1 fully saturated rings. The second kappa shape index (κ2) is 8.40. The summed E-state index contributed by atoms with van der Waals surface area (Å²) in [6.45, 7) is 1.62. The number of benzene rings is 2. The van der Waals surface area contributed by atoms with Gasteiger partial charge in [-0.3, -0.25) is 24.1 Å². The van der Waals surface area contributed by atoms with Crippen LogP contribution in [0.15, 0.2) is 83.0 Å². The molecular formula is C30H25NO6. The van der Waals surface area contributed by atoms with Gasteiger partial charge in [-0.2, -0.15) is 0 Å². The number of rotatable bonds is 3. The van der Waals surface area contributed by atoms with Crippen molar-refractivity contribution in [3.63, 3.8) is 0 Å². The molecule has 0 saturated carbocycles. The van der Waals surface area contributed by atoms with Gasteiger partial charge in [-0.25, -0.2) is 0 Å². The van der Waals surface area contributed by atoms with Crippen molar-refractivity contribution in [2.45, 2.75) is 25.7 Å². The number of carbonyl (C=O) groups excluding carboxylic acids is 4. The SMILES string of the molecule is COc1cc([C@H]2C3=CC[C@@H]4C(=O)N(c5ccccc5)C(=O)[C@@H]4[C@@H]3CC3=C2C(=O)C=C(C)C3=O)ccc1O. The molecule has 1 N–H and O–H groups in total. The zero-order chi connectivity index (χ0) is 26.0. The largest absolute Gasteiger partial charge is 0.504 e. The van der Waals surface area contributed by atoms with E-state index < -0.39 is 23.7 Å². The van der Waals surface area contributed by atoms with Gasteiger partial charge in [0.15, 0.2) is 23.1 Å². The third-order valence-electron chi connectivity index (χ3n) is 8.11. The molecule has 1 saturated heterocycles. The molecule has 0 unspecified atom stereocenters. The van der Waals surface area contributed by atoms with Crippen LogP contribution in [0.3, 0.4) is 0 Å². The Bertz CT molecular complexity index is 1480. The predicted octanol–water partition coefficient (Wildman–Crippen LogP) is 4.03. The highest BCUT2D eigenvalue weighted by atomic mass is 16.5. The maximum absolute atomic E-state index is 13.8. The number of ether oxygens (including phenoxy) is 1. The van der Waals surface area contributed by atoms with Crippen molar-refractivity contribution in [1.82, 2.24) is 0 Å². The van der Waals surface area contributed by atoms with Crippen LogP contribution in [0.1, 0.15) is 31.2 Å². The Balaban J connectivity index is 1.50. The standard InChI is InChI=1S/C30H25NO6/c1-15-12-23(33)27-21(28(15)34)14-20-18(25(27)16-8-11-22(32)24(13-16)37-2)9-10-19-26(20)30(36)31(29(19)35)17-6-4-3-5-7-17/h3-9,11-13,19-20,25-26,32H,10,14H2,1-2H3/t19-,20+,25-,26-/m0/s1. The second-order valence-corrected chi connectivity index (χ2v) is 10.0. The number of nitrogens with zero attached hydrogens (tertiary/aromatic N) is 1. The molecule has 6 rings (SSSR count). The van der Waals surface area contributed by atoms with E-state index in [1.54, 1.807) is 43.3 Å². The number of hydrogen-bond donors (Lipinski definition) is 1. The molecule has 37 heavy (non-hydrogen) atoms. The molecule has 1 heterocycles. The smallest absolute Gasteiger partial charge is 0.238 e. The average Bonchev–Trinajstić information content (AvgIpc) is 3.16. The van der Waals surface area contributed by atoms with Gasteiger partial charge in [0.2, 0.25) is 11.8 Å². The van der Waals surface area contributed by atoms with Crippen molar-refractivity contribution in [2.75, 3.05) is 12.0 Å². The van der Waals surface area contributed by atoms with Gasteiger partial charge < -0.3 is 9.84 Å². The van der Waals surface area contributed by atoms with E-state index in [0.717, 1.165) is 5.57 Å². The van der Waals surface area contributed by atoms with Gasteiger partial charge in [0.05, 0.1) is 24.6 Å². The third-order valence-corrected chi connectivity index (χ3v) is 8.11. The number of hydrogen-bond acceptors (Lipinski definition) is 6. The van der Waals surface area contributed by atoms with Crippen LogP contribution in [0.5, 0.6) is 11.5 Å². The van der Waals surface area contributed by atoms with Crippen molar-refractivity contribution < 1.29 is 29.0 Å². The van der Waals surface area contributed by atoms with E-state index in [9.17, 15) is 24.3 Å². The number of allylic oxidation sites excluding steroid dienone is 6. The Morgan fingerprint density at radius 2 is 1.73 bits per heavy atom. The van der Waals surface area contributed by atoms with Crippen molar-refractivity contribution in [3.05, 3.63) is 88.5 Å². The summed E-state index contributed by atoms with van der Waals surface area (Å²) in [5.74, 6) is -2.88. The molecule has 3 aliphatic carbocycles. The number of fused-ring (bicyclic) bond motifs is 3. The number of Topliss-reactive ketones (excluding diaryl/α,β-unsaturated/α-hetero) is 1. The first kappa shape index (κ1) is 23.2. The minimum absolute atomic E-state index is 0.0395. The minimum atomic E-state index is -0.627.